The summed E-state index contributed by atoms with van der Waals surface area (Å²) in [6.45, 7) is 1.85. The van der Waals surface area contributed by atoms with E-state index < -0.39 is 0 Å². The van der Waals surface area contributed by atoms with Crippen LogP contribution in [-0.4, -0.2) is 32.8 Å². The number of carbonyl (C=O) groups excluding carboxylic acids is 1. The largest absolute Gasteiger partial charge is 0.496 e. The van der Waals surface area contributed by atoms with E-state index >= 15 is 0 Å². The van der Waals surface area contributed by atoms with Gasteiger partial charge in [0.05, 0.1) is 17.7 Å². The van der Waals surface area contributed by atoms with Gasteiger partial charge in [-0.05, 0) is 31.0 Å². The van der Waals surface area contributed by atoms with E-state index in [0.717, 1.165) is 24.2 Å². The Labute approximate surface area is 153 Å². The highest BCUT2D eigenvalue weighted by Gasteiger charge is 2.37. The molecule has 1 amide bonds. The molecule has 2 aromatic carbocycles. The molecule has 25 heavy (non-hydrogen) atoms. The summed E-state index contributed by atoms with van der Waals surface area (Å²) in [7, 11) is 1.67. The number of para-hydroxylation sites is 1. The molecule has 1 N–H and O–H groups in total. The standard InChI is InChI=1S/C20H22ClNO3/c1-24-18-9-5-3-7-16(18)20(10-12-25-13-11-20)14-22-19(23)15-6-2-4-8-17(15)21/h2-9H,10-14H2,1H3,(H,22,23). The molecule has 0 unspecified atom stereocenters. The molecule has 1 saturated heterocycles. The summed E-state index contributed by atoms with van der Waals surface area (Å²) in [5, 5.41) is 3.52. The molecule has 4 nitrogen and oxygen atoms in total. The van der Waals surface area contributed by atoms with Crippen molar-refractivity contribution in [2.45, 2.75) is 18.3 Å². The third-order valence-electron chi connectivity index (χ3n) is 4.83. The summed E-state index contributed by atoms with van der Waals surface area (Å²) in [6.07, 6.45) is 1.66. The highest BCUT2D eigenvalue weighted by Crippen LogP contribution is 2.39. The van der Waals surface area contributed by atoms with E-state index in [-0.39, 0.29) is 11.3 Å². The lowest BCUT2D eigenvalue weighted by atomic mass is 9.73. The molecule has 1 aliphatic heterocycles. The van der Waals surface area contributed by atoms with Gasteiger partial charge < -0.3 is 14.8 Å². The second-order valence-electron chi connectivity index (χ2n) is 6.26. The molecule has 0 atom stereocenters. The van der Waals surface area contributed by atoms with E-state index in [2.05, 4.69) is 11.4 Å². The number of benzene rings is 2. The fraction of sp³-hybridized carbons (Fsp3) is 0.350. The predicted molar refractivity (Wildman–Crippen MR) is 98.5 cm³/mol. The van der Waals surface area contributed by atoms with Crippen LogP contribution in [0.4, 0.5) is 0 Å². The third-order valence-corrected chi connectivity index (χ3v) is 5.16. The van der Waals surface area contributed by atoms with Gasteiger partial charge in [-0.3, -0.25) is 4.79 Å². The minimum absolute atomic E-state index is 0.161. The van der Waals surface area contributed by atoms with E-state index in [1.54, 1.807) is 19.2 Å². The maximum atomic E-state index is 12.6. The maximum Gasteiger partial charge on any atom is 0.252 e. The van der Waals surface area contributed by atoms with Gasteiger partial charge in [0.25, 0.3) is 5.91 Å². The number of rotatable bonds is 5. The summed E-state index contributed by atoms with van der Waals surface area (Å²) in [6, 6.07) is 15.1. The van der Waals surface area contributed by atoms with Crippen molar-refractivity contribution in [2.75, 3.05) is 26.9 Å². The van der Waals surface area contributed by atoms with Crippen LogP contribution in [0.5, 0.6) is 5.75 Å². The van der Waals surface area contributed by atoms with Crippen molar-refractivity contribution in [3.05, 3.63) is 64.7 Å². The van der Waals surface area contributed by atoms with Crippen LogP contribution >= 0.6 is 11.6 Å². The van der Waals surface area contributed by atoms with E-state index in [4.69, 9.17) is 21.1 Å². The molecule has 132 valence electrons. The average Bonchev–Trinajstić information content (AvgIpc) is 2.67. The molecule has 0 saturated carbocycles. The van der Waals surface area contributed by atoms with Crippen molar-refractivity contribution >= 4 is 17.5 Å². The molecule has 0 spiro atoms. The van der Waals surface area contributed by atoms with E-state index in [1.807, 2.05) is 30.3 Å². The predicted octanol–water partition coefficient (Wildman–Crippen LogP) is 3.83. The first kappa shape index (κ1) is 17.8. The van der Waals surface area contributed by atoms with Gasteiger partial charge in [0.15, 0.2) is 0 Å². The van der Waals surface area contributed by atoms with Crippen LogP contribution in [0.25, 0.3) is 0 Å². The van der Waals surface area contributed by atoms with Crippen molar-refractivity contribution < 1.29 is 14.3 Å². The van der Waals surface area contributed by atoms with E-state index in [1.165, 1.54) is 0 Å². The zero-order chi connectivity index (χ0) is 17.7. The highest BCUT2D eigenvalue weighted by atomic mass is 35.5. The maximum absolute atomic E-state index is 12.6. The number of carbonyl (C=O) groups is 1. The van der Waals surface area contributed by atoms with Gasteiger partial charge in [0.2, 0.25) is 0 Å². The summed E-state index contributed by atoms with van der Waals surface area (Å²) in [5.74, 6) is 0.683. The number of hydrogen-bond donors (Lipinski definition) is 1. The Morgan fingerprint density at radius 1 is 1.16 bits per heavy atom. The van der Waals surface area contributed by atoms with Crippen molar-refractivity contribution in [3.63, 3.8) is 0 Å². The smallest absolute Gasteiger partial charge is 0.252 e. The third kappa shape index (κ3) is 3.80. The fourth-order valence-electron chi connectivity index (χ4n) is 3.38. The van der Waals surface area contributed by atoms with Crippen molar-refractivity contribution in [1.29, 1.82) is 0 Å². The molecule has 0 aliphatic carbocycles. The summed E-state index contributed by atoms with van der Waals surface area (Å²) < 4.78 is 11.1. The Hall–Kier alpha value is -2.04. The monoisotopic (exact) mass is 359 g/mol. The Balaban J connectivity index is 1.84. The van der Waals surface area contributed by atoms with Crippen molar-refractivity contribution in [3.8, 4) is 5.75 Å². The van der Waals surface area contributed by atoms with Gasteiger partial charge >= 0.3 is 0 Å². The second kappa shape index (κ2) is 7.89. The van der Waals surface area contributed by atoms with Crippen LogP contribution in [0.2, 0.25) is 5.02 Å². The molecule has 1 aliphatic rings. The van der Waals surface area contributed by atoms with Crippen LogP contribution in [0.3, 0.4) is 0 Å². The Morgan fingerprint density at radius 3 is 2.56 bits per heavy atom. The first-order valence-corrected chi connectivity index (χ1v) is 8.78. The van der Waals surface area contributed by atoms with Gasteiger partial charge in [-0.2, -0.15) is 0 Å². The van der Waals surface area contributed by atoms with Crippen molar-refractivity contribution in [2.24, 2.45) is 0 Å². The Bertz CT molecular complexity index is 741. The molecular formula is C20H22ClNO3. The zero-order valence-electron chi connectivity index (χ0n) is 14.3. The zero-order valence-corrected chi connectivity index (χ0v) is 15.0. The second-order valence-corrected chi connectivity index (χ2v) is 6.66. The van der Waals surface area contributed by atoms with Crippen LogP contribution in [-0.2, 0) is 10.2 Å². The number of hydrogen-bond acceptors (Lipinski definition) is 3. The molecule has 2 aromatic rings. The summed E-state index contributed by atoms with van der Waals surface area (Å²) in [5.41, 5.74) is 1.40. The molecule has 1 fully saturated rings. The number of methoxy groups -OCH3 is 1. The van der Waals surface area contributed by atoms with Gasteiger partial charge in [-0.25, -0.2) is 0 Å². The minimum Gasteiger partial charge on any atom is -0.496 e. The van der Waals surface area contributed by atoms with E-state index in [0.29, 0.717) is 30.3 Å². The molecule has 5 heteroatoms. The van der Waals surface area contributed by atoms with Gasteiger partial charge in [0.1, 0.15) is 5.75 Å². The minimum atomic E-state index is -0.207. The highest BCUT2D eigenvalue weighted by molar-refractivity contribution is 6.33. The summed E-state index contributed by atoms with van der Waals surface area (Å²) in [4.78, 5) is 12.6. The lowest BCUT2D eigenvalue weighted by molar-refractivity contribution is 0.0479. The lowest BCUT2D eigenvalue weighted by Gasteiger charge is -2.38. The van der Waals surface area contributed by atoms with Gasteiger partial charge in [-0.1, -0.05) is 41.9 Å². The first-order valence-electron chi connectivity index (χ1n) is 8.40. The van der Waals surface area contributed by atoms with Crippen LogP contribution < -0.4 is 10.1 Å². The molecule has 1 heterocycles. The first-order chi connectivity index (χ1) is 12.2. The Morgan fingerprint density at radius 2 is 1.84 bits per heavy atom. The van der Waals surface area contributed by atoms with Gasteiger partial charge in [-0.15, -0.1) is 0 Å². The van der Waals surface area contributed by atoms with Crippen LogP contribution in [0, 0.1) is 0 Å². The normalized spacial score (nSPS) is 16.2. The SMILES string of the molecule is COc1ccccc1C1(CNC(=O)c2ccccc2Cl)CCOCC1. The quantitative estimate of drug-likeness (QED) is 0.882. The summed E-state index contributed by atoms with van der Waals surface area (Å²) >= 11 is 6.14. The van der Waals surface area contributed by atoms with Crippen LogP contribution in [0.1, 0.15) is 28.8 Å². The molecule has 0 radical (unpaired) electrons. The van der Waals surface area contributed by atoms with Gasteiger partial charge in [0, 0.05) is 30.7 Å². The fourth-order valence-corrected chi connectivity index (χ4v) is 3.60. The molecule has 0 aromatic heterocycles. The number of nitrogens with one attached hydrogen (secondary N) is 1. The number of halogens is 1. The van der Waals surface area contributed by atoms with Crippen LogP contribution in [0.15, 0.2) is 48.5 Å². The average molecular weight is 360 g/mol. The van der Waals surface area contributed by atoms with E-state index in [9.17, 15) is 4.79 Å². The molecule has 3 rings (SSSR count). The lowest BCUT2D eigenvalue weighted by Crippen LogP contribution is -2.44. The molecular weight excluding hydrogens is 338 g/mol. The number of ether oxygens (including phenoxy) is 2. The Kier molecular flexibility index (Phi) is 5.61. The topological polar surface area (TPSA) is 47.6 Å². The molecule has 0 bridgehead atoms. The van der Waals surface area contributed by atoms with Crippen molar-refractivity contribution in [1.82, 2.24) is 5.32 Å². The number of amides is 1.